The van der Waals surface area contributed by atoms with Gasteiger partial charge in [-0.05, 0) is 30.2 Å². The number of nitrogens with one attached hydrogen (secondary N) is 1. The van der Waals surface area contributed by atoms with Gasteiger partial charge in [0, 0.05) is 0 Å². The van der Waals surface area contributed by atoms with Crippen molar-refractivity contribution in [2.75, 3.05) is 5.32 Å². The molecule has 0 saturated heterocycles. The lowest BCUT2D eigenvalue weighted by molar-refractivity contribution is -0.112. The van der Waals surface area contributed by atoms with Gasteiger partial charge < -0.3 is 5.32 Å². The van der Waals surface area contributed by atoms with E-state index in [2.05, 4.69) is 5.32 Å². The molecule has 4 heteroatoms. The molecule has 1 N–H and O–H groups in total. The molecule has 0 bridgehead atoms. The van der Waals surface area contributed by atoms with Crippen LogP contribution in [0.5, 0.6) is 0 Å². The number of hydrogen-bond donors (Lipinski definition) is 1. The van der Waals surface area contributed by atoms with E-state index in [-0.39, 0.29) is 5.57 Å². The number of benzene rings is 2. The molecule has 104 valence electrons. The van der Waals surface area contributed by atoms with Gasteiger partial charge in [-0.3, -0.25) is 4.79 Å². The molecule has 0 aromatic heterocycles. The number of anilines is 1. The van der Waals surface area contributed by atoms with E-state index >= 15 is 0 Å². The van der Waals surface area contributed by atoms with Crippen molar-refractivity contribution in [3.05, 3.63) is 70.3 Å². The topological polar surface area (TPSA) is 52.9 Å². The predicted molar refractivity (Wildman–Crippen MR) is 84.9 cm³/mol. The van der Waals surface area contributed by atoms with E-state index in [0.717, 1.165) is 11.1 Å². The maximum Gasteiger partial charge on any atom is 0.266 e. The number of nitriles is 1. The van der Waals surface area contributed by atoms with Crippen molar-refractivity contribution in [2.24, 2.45) is 0 Å². The molecule has 3 nitrogen and oxygen atoms in total. The Balaban J connectivity index is 2.27. The van der Waals surface area contributed by atoms with E-state index in [9.17, 15) is 4.79 Å². The minimum Gasteiger partial charge on any atom is -0.320 e. The van der Waals surface area contributed by atoms with Crippen LogP contribution >= 0.6 is 11.6 Å². The summed E-state index contributed by atoms with van der Waals surface area (Å²) >= 11 is 6.06. The quantitative estimate of drug-likeness (QED) is 0.682. The van der Waals surface area contributed by atoms with Crippen LogP contribution in [0, 0.1) is 18.3 Å². The largest absolute Gasteiger partial charge is 0.320 e. The van der Waals surface area contributed by atoms with Crippen LogP contribution in [0.2, 0.25) is 5.02 Å². The van der Waals surface area contributed by atoms with Crippen LogP contribution < -0.4 is 5.32 Å². The lowest BCUT2D eigenvalue weighted by Crippen LogP contribution is -2.14. The standard InChI is InChI=1S/C17H13ClN2O/c1-12-6-5-9-15(18)16(12)20-17(21)14(11-19)10-13-7-3-2-4-8-13/h2-10H,1H3,(H,20,21)/b14-10+. The van der Waals surface area contributed by atoms with Crippen LogP contribution in [0.15, 0.2) is 54.1 Å². The summed E-state index contributed by atoms with van der Waals surface area (Å²) in [5, 5.41) is 12.3. The van der Waals surface area contributed by atoms with E-state index in [4.69, 9.17) is 16.9 Å². The Bertz CT molecular complexity index is 710. The van der Waals surface area contributed by atoms with E-state index in [0.29, 0.717) is 10.7 Å². The molecule has 0 fully saturated rings. The summed E-state index contributed by atoms with van der Waals surface area (Å²) in [5.74, 6) is -0.474. The first-order valence-corrected chi connectivity index (χ1v) is 6.73. The molecule has 0 spiro atoms. The van der Waals surface area contributed by atoms with E-state index in [1.807, 2.05) is 49.4 Å². The van der Waals surface area contributed by atoms with Gasteiger partial charge in [-0.25, -0.2) is 0 Å². The number of rotatable bonds is 3. The Morgan fingerprint density at radius 3 is 2.52 bits per heavy atom. The Morgan fingerprint density at radius 1 is 1.19 bits per heavy atom. The molecular weight excluding hydrogens is 284 g/mol. The Morgan fingerprint density at radius 2 is 1.90 bits per heavy atom. The third kappa shape index (κ3) is 3.71. The summed E-state index contributed by atoms with van der Waals surface area (Å²) in [6.07, 6.45) is 1.54. The highest BCUT2D eigenvalue weighted by Gasteiger charge is 2.12. The molecule has 21 heavy (non-hydrogen) atoms. The molecule has 2 aromatic carbocycles. The molecule has 2 aromatic rings. The van der Waals surface area contributed by atoms with Gasteiger partial charge in [0.1, 0.15) is 11.6 Å². The second kappa shape index (κ2) is 6.74. The maximum absolute atomic E-state index is 12.2. The van der Waals surface area contributed by atoms with Crippen molar-refractivity contribution in [1.82, 2.24) is 0 Å². The van der Waals surface area contributed by atoms with Crippen molar-refractivity contribution in [1.29, 1.82) is 5.26 Å². The normalized spacial score (nSPS) is 10.8. The van der Waals surface area contributed by atoms with Gasteiger partial charge in [-0.2, -0.15) is 5.26 Å². The molecule has 0 heterocycles. The maximum atomic E-state index is 12.2. The number of para-hydroxylation sites is 1. The van der Waals surface area contributed by atoms with Crippen LogP contribution in [0.4, 0.5) is 5.69 Å². The average Bonchev–Trinajstić information content (AvgIpc) is 2.49. The lowest BCUT2D eigenvalue weighted by Gasteiger charge is -2.09. The first-order valence-electron chi connectivity index (χ1n) is 6.35. The van der Waals surface area contributed by atoms with Crippen molar-refractivity contribution < 1.29 is 4.79 Å². The minimum absolute atomic E-state index is 0.0283. The zero-order valence-electron chi connectivity index (χ0n) is 11.4. The molecule has 0 unspecified atom stereocenters. The van der Waals surface area contributed by atoms with Gasteiger partial charge in [-0.1, -0.05) is 54.1 Å². The highest BCUT2D eigenvalue weighted by molar-refractivity contribution is 6.34. The van der Waals surface area contributed by atoms with Crippen molar-refractivity contribution in [2.45, 2.75) is 6.92 Å². The van der Waals surface area contributed by atoms with Gasteiger partial charge in [0.15, 0.2) is 0 Å². The van der Waals surface area contributed by atoms with Crippen LogP contribution in [0.3, 0.4) is 0 Å². The molecule has 0 aliphatic heterocycles. The fraction of sp³-hybridized carbons (Fsp3) is 0.0588. The van der Waals surface area contributed by atoms with E-state index in [1.165, 1.54) is 0 Å². The fourth-order valence-electron chi connectivity index (χ4n) is 1.84. The number of aryl methyl sites for hydroxylation is 1. The van der Waals surface area contributed by atoms with Gasteiger partial charge in [0.2, 0.25) is 0 Å². The van der Waals surface area contributed by atoms with Crippen LogP contribution in [0.25, 0.3) is 6.08 Å². The van der Waals surface area contributed by atoms with E-state index < -0.39 is 5.91 Å². The molecule has 2 rings (SSSR count). The van der Waals surface area contributed by atoms with Gasteiger partial charge in [-0.15, -0.1) is 0 Å². The second-order valence-electron chi connectivity index (χ2n) is 4.47. The highest BCUT2D eigenvalue weighted by atomic mass is 35.5. The summed E-state index contributed by atoms with van der Waals surface area (Å²) in [6.45, 7) is 1.84. The molecule has 0 aliphatic rings. The minimum atomic E-state index is -0.474. The smallest absolute Gasteiger partial charge is 0.266 e. The first kappa shape index (κ1) is 14.8. The Labute approximate surface area is 128 Å². The molecule has 0 aliphatic carbocycles. The number of nitrogens with zero attached hydrogens (tertiary/aromatic N) is 1. The number of amides is 1. The zero-order chi connectivity index (χ0) is 15.2. The van der Waals surface area contributed by atoms with Gasteiger partial charge in [0.05, 0.1) is 10.7 Å². The third-order valence-electron chi connectivity index (χ3n) is 2.94. The molecular formula is C17H13ClN2O. The second-order valence-corrected chi connectivity index (χ2v) is 4.87. The van der Waals surface area contributed by atoms with Gasteiger partial charge in [0.25, 0.3) is 5.91 Å². The highest BCUT2D eigenvalue weighted by Crippen LogP contribution is 2.25. The SMILES string of the molecule is Cc1cccc(Cl)c1NC(=O)/C(C#N)=C/c1ccccc1. The number of carbonyl (C=O) groups excluding carboxylic acids is 1. The van der Waals surface area contributed by atoms with E-state index in [1.54, 1.807) is 18.2 Å². The van der Waals surface area contributed by atoms with Gasteiger partial charge >= 0.3 is 0 Å². The predicted octanol–water partition coefficient (Wildman–Crippen LogP) is 4.19. The number of halogens is 1. The lowest BCUT2D eigenvalue weighted by atomic mass is 10.1. The third-order valence-corrected chi connectivity index (χ3v) is 3.25. The Kier molecular flexibility index (Phi) is 4.76. The first-order chi connectivity index (χ1) is 10.1. The molecule has 1 amide bonds. The summed E-state index contributed by atoms with van der Waals surface area (Å²) in [7, 11) is 0. The summed E-state index contributed by atoms with van der Waals surface area (Å²) in [4.78, 5) is 12.2. The van der Waals surface area contributed by atoms with Crippen molar-refractivity contribution in [3.63, 3.8) is 0 Å². The van der Waals surface area contributed by atoms with Crippen molar-refractivity contribution >= 4 is 29.3 Å². The molecule has 0 radical (unpaired) electrons. The van der Waals surface area contributed by atoms with Crippen LogP contribution in [-0.4, -0.2) is 5.91 Å². The number of hydrogen-bond acceptors (Lipinski definition) is 2. The molecule has 0 atom stereocenters. The zero-order valence-corrected chi connectivity index (χ0v) is 12.2. The van der Waals surface area contributed by atoms with Crippen LogP contribution in [0.1, 0.15) is 11.1 Å². The van der Waals surface area contributed by atoms with Crippen molar-refractivity contribution in [3.8, 4) is 6.07 Å². The Hall–Kier alpha value is -2.57. The number of carbonyl (C=O) groups is 1. The molecule has 0 saturated carbocycles. The summed E-state index contributed by atoms with van der Waals surface area (Å²) in [5.41, 5.74) is 2.19. The van der Waals surface area contributed by atoms with Crippen LogP contribution in [-0.2, 0) is 4.79 Å². The average molecular weight is 297 g/mol. The fourth-order valence-corrected chi connectivity index (χ4v) is 2.10. The summed E-state index contributed by atoms with van der Waals surface area (Å²) in [6, 6.07) is 16.5. The summed E-state index contributed by atoms with van der Waals surface area (Å²) < 4.78 is 0. The monoisotopic (exact) mass is 296 g/mol.